The molecule has 1 aliphatic carbocycles. The molecule has 16 heavy (non-hydrogen) atoms. The van der Waals surface area contributed by atoms with Crippen LogP contribution >= 0.6 is 11.6 Å². The van der Waals surface area contributed by atoms with Gasteiger partial charge in [-0.25, -0.2) is 0 Å². The molecule has 1 saturated heterocycles. The minimum absolute atomic E-state index is 0.388. The smallest absolute Gasteiger partial charge is 0.0507 e. The molecule has 2 rings (SSSR count). The van der Waals surface area contributed by atoms with Crippen molar-refractivity contribution in [3.8, 4) is 0 Å². The van der Waals surface area contributed by atoms with Crippen LogP contribution in [-0.2, 0) is 4.74 Å². The van der Waals surface area contributed by atoms with Gasteiger partial charge in [0.2, 0.25) is 0 Å². The minimum atomic E-state index is 0.388. The summed E-state index contributed by atoms with van der Waals surface area (Å²) < 4.78 is 5.39. The van der Waals surface area contributed by atoms with Crippen LogP contribution in [0.5, 0.6) is 0 Å². The molecule has 2 nitrogen and oxygen atoms in total. The summed E-state index contributed by atoms with van der Waals surface area (Å²) in [4.78, 5) is 0. The molecule has 1 atom stereocenters. The molecule has 0 spiro atoms. The molecule has 0 radical (unpaired) electrons. The monoisotopic (exact) mass is 245 g/mol. The average Bonchev–Trinajstić information content (AvgIpc) is 2.83. The van der Waals surface area contributed by atoms with Gasteiger partial charge < -0.3 is 10.1 Å². The largest absolute Gasteiger partial charge is 0.381 e. The fraction of sp³-hybridized carbons (Fsp3) is 1.00. The number of rotatable bonds is 5. The van der Waals surface area contributed by atoms with E-state index in [1.54, 1.807) is 0 Å². The average molecular weight is 246 g/mol. The second-order valence-corrected chi connectivity index (χ2v) is 5.82. The van der Waals surface area contributed by atoms with Gasteiger partial charge in [-0.05, 0) is 30.6 Å². The van der Waals surface area contributed by atoms with Gasteiger partial charge in [0.25, 0.3) is 0 Å². The zero-order chi connectivity index (χ0) is 11.3. The first-order valence-electron chi connectivity index (χ1n) is 6.69. The van der Waals surface area contributed by atoms with Crippen molar-refractivity contribution in [3.05, 3.63) is 0 Å². The van der Waals surface area contributed by atoms with Crippen LogP contribution in [0.4, 0.5) is 0 Å². The van der Waals surface area contributed by atoms with Gasteiger partial charge in [0, 0.05) is 25.6 Å². The lowest BCUT2D eigenvalue weighted by Crippen LogP contribution is -2.39. The molecule has 1 unspecified atom stereocenters. The van der Waals surface area contributed by atoms with E-state index in [0.717, 1.165) is 38.1 Å². The highest BCUT2D eigenvalue weighted by atomic mass is 35.5. The summed E-state index contributed by atoms with van der Waals surface area (Å²) in [6, 6.07) is 0. The highest BCUT2D eigenvalue weighted by Gasteiger charge is 2.31. The molecule has 3 heteroatoms. The summed E-state index contributed by atoms with van der Waals surface area (Å²) in [6.45, 7) is 4.11. The van der Waals surface area contributed by atoms with Gasteiger partial charge in [0.15, 0.2) is 0 Å². The summed E-state index contributed by atoms with van der Waals surface area (Å²) in [5, 5.41) is 3.62. The summed E-state index contributed by atoms with van der Waals surface area (Å²) >= 11 is 6.17. The van der Waals surface area contributed by atoms with E-state index in [4.69, 9.17) is 16.3 Å². The standard InChI is InChI=1S/C13H24ClNO/c14-10-13(5-2-1-3-6-13)11-15-8-12-4-7-16-9-12/h12,15H,1-11H2. The first kappa shape index (κ1) is 12.7. The molecule has 94 valence electrons. The maximum atomic E-state index is 6.17. The van der Waals surface area contributed by atoms with Crippen LogP contribution in [0.3, 0.4) is 0 Å². The second kappa shape index (κ2) is 6.23. The Morgan fingerprint density at radius 3 is 2.69 bits per heavy atom. The lowest BCUT2D eigenvalue weighted by Gasteiger charge is -2.36. The highest BCUT2D eigenvalue weighted by Crippen LogP contribution is 2.36. The first-order valence-corrected chi connectivity index (χ1v) is 7.23. The van der Waals surface area contributed by atoms with Gasteiger partial charge in [0.1, 0.15) is 0 Å². The molecule has 0 aromatic carbocycles. The molecular formula is C13H24ClNO. The van der Waals surface area contributed by atoms with Crippen molar-refractivity contribution in [1.29, 1.82) is 0 Å². The molecule has 1 N–H and O–H groups in total. The van der Waals surface area contributed by atoms with E-state index in [1.165, 1.54) is 38.5 Å². The fourth-order valence-electron chi connectivity index (χ4n) is 2.95. The predicted octanol–water partition coefficient (Wildman–Crippen LogP) is 2.80. The number of nitrogens with one attached hydrogen (secondary N) is 1. The Hall–Kier alpha value is 0.210. The van der Waals surface area contributed by atoms with E-state index in [-0.39, 0.29) is 0 Å². The van der Waals surface area contributed by atoms with Crippen molar-refractivity contribution in [2.75, 3.05) is 32.2 Å². The molecule has 2 fully saturated rings. The number of halogens is 1. The van der Waals surface area contributed by atoms with Crippen molar-refractivity contribution in [2.45, 2.75) is 38.5 Å². The lowest BCUT2D eigenvalue weighted by atomic mass is 9.75. The summed E-state index contributed by atoms with van der Waals surface area (Å²) in [5.74, 6) is 1.55. The van der Waals surface area contributed by atoms with E-state index < -0.39 is 0 Å². The van der Waals surface area contributed by atoms with Crippen molar-refractivity contribution in [3.63, 3.8) is 0 Å². The van der Waals surface area contributed by atoms with Crippen LogP contribution in [0.25, 0.3) is 0 Å². The maximum Gasteiger partial charge on any atom is 0.0507 e. The summed E-state index contributed by atoms with van der Waals surface area (Å²) in [5.41, 5.74) is 0.388. The Kier molecular flexibility index (Phi) is 4.93. The highest BCUT2D eigenvalue weighted by molar-refractivity contribution is 6.18. The summed E-state index contributed by atoms with van der Waals surface area (Å²) in [6.07, 6.45) is 7.97. The Balaban J connectivity index is 1.69. The normalized spacial score (nSPS) is 29.4. The molecule has 1 aliphatic heterocycles. The first-order chi connectivity index (χ1) is 7.85. The molecule has 0 amide bonds. The third-order valence-corrected chi connectivity index (χ3v) is 4.72. The van der Waals surface area contributed by atoms with Crippen LogP contribution < -0.4 is 5.32 Å². The van der Waals surface area contributed by atoms with Gasteiger partial charge in [-0.3, -0.25) is 0 Å². The quantitative estimate of drug-likeness (QED) is 0.753. The van der Waals surface area contributed by atoms with Crippen LogP contribution in [0.2, 0.25) is 0 Å². The van der Waals surface area contributed by atoms with E-state index in [2.05, 4.69) is 5.32 Å². The molecular weight excluding hydrogens is 222 g/mol. The van der Waals surface area contributed by atoms with Gasteiger partial charge in [-0.15, -0.1) is 11.6 Å². The zero-order valence-corrected chi connectivity index (χ0v) is 10.9. The minimum Gasteiger partial charge on any atom is -0.381 e. The van der Waals surface area contributed by atoms with E-state index in [0.29, 0.717) is 5.41 Å². The van der Waals surface area contributed by atoms with Gasteiger partial charge in [-0.2, -0.15) is 0 Å². The van der Waals surface area contributed by atoms with Gasteiger partial charge in [0.05, 0.1) is 6.61 Å². The fourth-order valence-corrected chi connectivity index (χ4v) is 3.31. The van der Waals surface area contributed by atoms with Gasteiger partial charge >= 0.3 is 0 Å². The predicted molar refractivity (Wildman–Crippen MR) is 68.0 cm³/mol. The van der Waals surface area contributed by atoms with Crippen molar-refractivity contribution >= 4 is 11.6 Å². The molecule has 1 heterocycles. The number of hydrogen-bond acceptors (Lipinski definition) is 2. The van der Waals surface area contributed by atoms with Crippen molar-refractivity contribution in [2.24, 2.45) is 11.3 Å². The van der Waals surface area contributed by atoms with Crippen LogP contribution in [-0.4, -0.2) is 32.2 Å². The molecule has 0 aromatic rings. The Labute approximate surface area is 104 Å². The summed E-state index contributed by atoms with van der Waals surface area (Å²) in [7, 11) is 0. The lowest BCUT2D eigenvalue weighted by molar-refractivity contribution is 0.180. The zero-order valence-electron chi connectivity index (χ0n) is 10.1. The third-order valence-electron chi connectivity index (χ3n) is 4.15. The number of alkyl halides is 1. The Bertz CT molecular complexity index is 198. The molecule has 1 saturated carbocycles. The van der Waals surface area contributed by atoms with E-state index in [1.807, 2.05) is 0 Å². The Morgan fingerprint density at radius 1 is 1.25 bits per heavy atom. The maximum absolute atomic E-state index is 6.17. The topological polar surface area (TPSA) is 21.3 Å². The Morgan fingerprint density at radius 2 is 2.06 bits per heavy atom. The number of hydrogen-bond donors (Lipinski definition) is 1. The SMILES string of the molecule is ClCC1(CNCC2CCOC2)CCCCC1. The molecule has 0 bridgehead atoms. The molecule has 0 aromatic heterocycles. The van der Waals surface area contributed by atoms with E-state index in [9.17, 15) is 0 Å². The van der Waals surface area contributed by atoms with Crippen LogP contribution in [0, 0.1) is 11.3 Å². The van der Waals surface area contributed by atoms with E-state index >= 15 is 0 Å². The van der Waals surface area contributed by atoms with Crippen molar-refractivity contribution < 1.29 is 4.74 Å². The van der Waals surface area contributed by atoms with Crippen LogP contribution in [0.1, 0.15) is 38.5 Å². The van der Waals surface area contributed by atoms with Crippen LogP contribution in [0.15, 0.2) is 0 Å². The van der Waals surface area contributed by atoms with Gasteiger partial charge in [-0.1, -0.05) is 19.3 Å². The third kappa shape index (κ3) is 3.35. The van der Waals surface area contributed by atoms with Crippen molar-refractivity contribution in [1.82, 2.24) is 5.32 Å². The second-order valence-electron chi connectivity index (χ2n) is 5.55. The molecule has 2 aliphatic rings. The number of ether oxygens (including phenoxy) is 1.